The minimum Gasteiger partial charge on any atom is -0.352 e. The highest BCUT2D eigenvalue weighted by molar-refractivity contribution is 5.89. The van der Waals surface area contributed by atoms with Crippen LogP contribution in [0.2, 0.25) is 0 Å². The van der Waals surface area contributed by atoms with Gasteiger partial charge in [-0.05, 0) is 45.1 Å². The summed E-state index contributed by atoms with van der Waals surface area (Å²) in [6.45, 7) is 1.72. The summed E-state index contributed by atoms with van der Waals surface area (Å²) in [6.07, 6.45) is 5.75. The minimum absolute atomic E-state index is 0.377. The van der Waals surface area contributed by atoms with E-state index < -0.39 is 5.82 Å². The number of hydrogen-bond donors (Lipinski definition) is 0. The van der Waals surface area contributed by atoms with Gasteiger partial charge in [0.15, 0.2) is 11.5 Å². The number of likely N-dealkylation sites (N-methyl/N-ethyl adjacent to an activating group) is 1. The van der Waals surface area contributed by atoms with Crippen LogP contribution in [0.4, 0.5) is 10.2 Å². The maximum Gasteiger partial charge on any atom is 0.181 e. The highest BCUT2D eigenvalue weighted by Crippen LogP contribution is 2.38. The molecule has 4 heterocycles. The molecule has 1 aliphatic rings. The maximum atomic E-state index is 15.7. The van der Waals surface area contributed by atoms with Gasteiger partial charge in [-0.2, -0.15) is 5.26 Å². The SMILES string of the molecule is CN(C)[C@@H]1CCCN(c2nccn3c(-c4cc5nnn(C)c5cc4F)c(-c4ccc(C#N)cc4)nc23)C1. The molecule has 5 aromatic rings. The van der Waals surface area contributed by atoms with Crippen LogP contribution in [0.25, 0.3) is 39.2 Å². The molecule has 0 saturated carbocycles. The number of benzene rings is 2. The van der Waals surface area contributed by atoms with Gasteiger partial charge in [0, 0.05) is 55.8 Å². The van der Waals surface area contributed by atoms with Crippen LogP contribution in [0.1, 0.15) is 18.4 Å². The number of piperidine rings is 1. The predicted octanol–water partition coefficient (Wildman–Crippen LogP) is 3.89. The molecule has 0 N–H and O–H groups in total. The summed E-state index contributed by atoms with van der Waals surface area (Å²) in [7, 11) is 5.94. The first-order chi connectivity index (χ1) is 17.9. The molecule has 0 bridgehead atoms. The minimum atomic E-state index is -0.390. The lowest BCUT2D eigenvalue weighted by atomic mass is 10.0. The quantitative estimate of drug-likeness (QED) is 0.374. The Labute approximate surface area is 213 Å². The molecule has 2 aromatic carbocycles. The smallest absolute Gasteiger partial charge is 0.181 e. The summed E-state index contributed by atoms with van der Waals surface area (Å²) in [5.41, 5.74) is 4.80. The van der Waals surface area contributed by atoms with Gasteiger partial charge in [-0.1, -0.05) is 17.3 Å². The van der Waals surface area contributed by atoms with Gasteiger partial charge in [0.05, 0.1) is 28.5 Å². The third kappa shape index (κ3) is 3.88. The first-order valence-electron chi connectivity index (χ1n) is 12.2. The molecule has 1 saturated heterocycles. The first kappa shape index (κ1) is 23.1. The van der Waals surface area contributed by atoms with Gasteiger partial charge in [0.2, 0.25) is 0 Å². The largest absolute Gasteiger partial charge is 0.352 e. The zero-order chi connectivity index (χ0) is 25.7. The molecule has 1 atom stereocenters. The van der Waals surface area contributed by atoms with Crippen molar-refractivity contribution in [2.45, 2.75) is 18.9 Å². The fourth-order valence-electron chi connectivity index (χ4n) is 5.15. The Morgan fingerprint density at radius 1 is 1.16 bits per heavy atom. The van der Waals surface area contributed by atoms with Crippen molar-refractivity contribution in [3.05, 3.63) is 60.2 Å². The molecule has 0 spiro atoms. The third-order valence-electron chi connectivity index (χ3n) is 7.19. The molecule has 186 valence electrons. The highest BCUT2D eigenvalue weighted by Gasteiger charge is 2.27. The number of aryl methyl sites for hydroxylation is 1. The molecule has 6 rings (SSSR count). The molecule has 0 aliphatic carbocycles. The number of hydrogen-bond acceptors (Lipinski definition) is 7. The number of rotatable bonds is 4. The standard InChI is InChI=1S/C27H26FN9/c1-34(2)19-5-4-11-36(16-19)26-27-31-24(18-8-6-17(15-29)7-9-18)25(37(27)12-10-30-26)20-13-22-23(14-21(20)28)35(3)33-32-22/h6-10,12-14,19H,4-5,11,16H2,1-3H3/t19-/m1/s1. The van der Waals surface area contributed by atoms with Crippen molar-refractivity contribution in [2.24, 2.45) is 7.05 Å². The summed E-state index contributed by atoms with van der Waals surface area (Å²) >= 11 is 0. The predicted molar refractivity (Wildman–Crippen MR) is 140 cm³/mol. The van der Waals surface area contributed by atoms with Crippen LogP contribution in [0.15, 0.2) is 48.8 Å². The Morgan fingerprint density at radius 3 is 2.73 bits per heavy atom. The van der Waals surface area contributed by atoms with Gasteiger partial charge < -0.3 is 9.80 Å². The van der Waals surface area contributed by atoms with E-state index in [9.17, 15) is 5.26 Å². The zero-order valence-corrected chi connectivity index (χ0v) is 20.9. The van der Waals surface area contributed by atoms with Crippen molar-refractivity contribution >= 4 is 22.5 Å². The van der Waals surface area contributed by atoms with E-state index in [1.807, 2.05) is 22.7 Å². The topological polar surface area (TPSA) is 91.2 Å². The first-order valence-corrected chi connectivity index (χ1v) is 12.2. The van der Waals surface area contributed by atoms with Crippen molar-refractivity contribution in [3.63, 3.8) is 0 Å². The van der Waals surface area contributed by atoms with Gasteiger partial charge in [-0.25, -0.2) is 19.0 Å². The summed E-state index contributed by atoms with van der Waals surface area (Å²) in [5, 5.41) is 17.5. The summed E-state index contributed by atoms with van der Waals surface area (Å²) in [5.74, 6) is 0.384. The lowest BCUT2D eigenvalue weighted by molar-refractivity contribution is 0.257. The maximum absolute atomic E-state index is 15.7. The van der Waals surface area contributed by atoms with Crippen LogP contribution < -0.4 is 4.90 Å². The fourth-order valence-corrected chi connectivity index (χ4v) is 5.15. The lowest BCUT2D eigenvalue weighted by Gasteiger charge is -2.36. The Balaban J connectivity index is 1.59. The molecular formula is C27H26FN9. The molecule has 37 heavy (non-hydrogen) atoms. The van der Waals surface area contributed by atoms with E-state index in [0.717, 1.165) is 37.3 Å². The molecule has 0 radical (unpaired) electrons. The Bertz CT molecular complexity index is 1660. The van der Waals surface area contributed by atoms with Gasteiger partial charge in [0.25, 0.3) is 0 Å². The van der Waals surface area contributed by atoms with E-state index in [2.05, 4.69) is 40.3 Å². The van der Waals surface area contributed by atoms with Crippen LogP contribution >= 0.6 is 0 Å². The normalized spacial score (nSPS) is 16.1. The van der Waals surface area contributed by atoms with E-state index >= 15 is 4.39 Å². The molecule has 10 heteroatoms. The second-order valence-electron chi connectivity index (χ2n) is 9.68. The summed E-state index contributed by atoms with van der Waals surface area (Å²) in [4.78, 5) is 14.3. The average molecular weight is 496 g/mol. The zero-order valence-electron chi connectivity index (χ0n) is 20.9. The van der Waals surface area contributed by atoms with Crippen LogP contribution in [0, 0.1) is 17.1 Å². The van der Waals surface area contributed by atoms with E-state index in [4.69, 9.17) is 9.97 Å². The monoisotopic (exact) mass is 495 g/mol. The van der Waals surface area contributed by atoms with Crippen molar-refractivity contribution in [2.75, 3.05) is 32.1 Å². The Morgan fingerprint density at radius 2 is 1.97 bits per heavy atom. The van der Waals surface area contributed by atoms with E-state index in [1.165, 1.54) is 6.07 Å². The van der Waals surface area contributed by atoms with Crippen molar-refractivity contribution in [1.82, 2.24) is 34.3 Å². The number of nitrogens with zero attached hydrogens (tertiary/aromatic N) is 9. The molecule has 1 fully saturated rings. The second-order valence-corrected chi connectivity index (χ2v) is 9.68. The van der Waals surface area contributed by atoms with Crippen molar-refractivity contribution in [3.8, 4) is 28.6 Å². The lowest BCUT2D eigenvalue weighted by Crippen LogP contribution is -2.45. The number of nitriles is 1. The molecule has 3 aromatic heterocycles. The van der Waals surface area contributed by atoms with Gasteiger partial charge >= 0.3 is 0 Å². The number of aromatic nitrogens is 6. The fraction of sp³-hybridized carbons (Fsp3) is 0.296. The second kappa shape index (κ2) is 8.94. The van der Waals surface area contributed by atoms with E-state index in [0.29, 0.717) is 45.2 Å². The molecular weight excluding hydrogens is 469 g/mol. The summed E-state index contributed by atoms with van der Waals surface area (Å²) < 4.78 is 19.2. The van der Waals surface area contributed by atoms with Crippen LogP contribution in [-0.2, 0) is 7.05 Å². The number of imidazole rings is 1. The third-order valence-corrected chi connectivity index (χ3v) is 7.19. The van der Waals surface area contributed by atoms with Crippen LogP contribution in [0.5, 0.6) is 0 Å². The van der Waals surface area contributed by atoms with Gasteiger partial charge in [-0.3, -0.25) is 4.40 Å². The molecule has 0 unspecified atom stereocenters. The number of halogens is 1. The molecule has 1 aliphatic heterocycles. The number of anilines is 1. The number of fused-ring (bicyclic) bond motifs is 2. The summed E-state index contributed by atoms with van der Waals surface area (Å²) in [6, 6.07) is 12.9. The average Bonchev–Trinajstić information content (AvgIpc) is 3.48. The van der Waals surface area contributed by atoms with E-state index in [-0.39, 0.29) is 0 Å². The molecule has 0 amide bonds. The van der Waals surface area contributed by atoms with Crippen molar-refractivity contribution in [1.29, 1.82) is 5.26 Å². The van der Waals surface area contributed by atoms with Gasteiger partial charge in [0.1, 0.15) is 11.3 Å². The Kier molecular flexibility index (Phi) is 5.57. The molecule has 9 nitrogen and oxygen atoms in total. The highest BCUT2D eigenvalue weighted by atomic mass is 19.1. The Hall–Kier alpha value is -4.36. The van der Waals surface area contributed by atoms with Crippen molar-refractivity contribution < 1.29 is 4.39 Å². The van der Waals surface area contributed by atoms with Gasteiger partial charge in [-0.15, -0.1) is 5.10 Å². The van der Waals surface area contributed by atoms with Crippen LogP contribution in [-0.4, -0.2) is 67.5 Å². The van der Waals surface area contributed by atoms with Crippen LogP contribution in [0.3, 0.4) is 0 Å². The van der Waals surface area contributed by atoms with E-state index in [1.54, 1.807) is 36.1 Å².